The molecule has 0 saturated carbocycles. The topological polar surface area (TPSA) is 77.3 Å². The van der Waals surface area contributed by atoms with Crippen molar-refractivity contribution in [3.8, 4) is 0 Å². The first-order valence-corrected chi connectivity index (χ1v) is 7.45. The van der Waals surface area contributed by atoms with Crippen LogP contribution in [0.25, 0.3) is 0 Å². The van der Waals surface area contributed by atoms with Crippen molar-refractivity contribution < 1.29 is 13.3 Å². The molecule has 0 aromatic heterocycles. The van der Waals surface area contributed by atoms with Crippen LogP contribution in [0, 0.1) is 10.1 Å². The molecule has 17 heavy (non-hydrogen) atoms. The van der Waals surface area contributed by atoms with Gasteiger partial charge in [-0.1, -0.05) is 6.07 Å². The van der Waals surface area contributed by atoms with Gasteiger partial charge in [0.1, 0.15) is 0 Å². The standard InChI is InChI=1S/C10H10ClNO4S/c11-17(15,16)10-4-2-7-1-3-9(12(13)14)5-8(7)6-10/h1,3,5,10H,2,4,6H2. The highest BCUT2D eigenvalue weighted by atomic mass is 35.7. The lowest BCUT2D eigenvalue weighted by molar-refractivity contribution is -0.384. The summed E-state index contributed by atoms with van der Waals surface area (Å²) in [5.74, 6) is 0. The van der Waals surface area contributed by atoms with Gasteiger partial charge in [0, 0.05) is 22.8 Å². The van der Waals surface area contributed by atoms with Gasteiger partial charge in [0.15, 0.2) is 0 Å². The lowest BCUT2D eigenvalue weighted by Gasteiger charge is -2.21. The highest BCUT2D eigenvalue weighted by Crippen LogP contribution is 2.29. The Balaban J connectivity index is 2.36. The fraction of sp³-hybridized carbons (Fsp3) is 0.400. The number of hydrogen-bond donors (Lipinski definition) is 0. The number of aryl methyl sites for hydroxylation is 1. The van der Waals surface area contributed by atoms with Crippen molar-refractivity contribution >= 4 is 25.4 Å². The molecule has 1 aliphatic rings. The van der Waals surface area contributed by atoms with Crippen LogP contribution < -0.4 is 0 Å². The van der Waals surface area contributed by atoms with Crippen LogP contribution in [0.15, 0.2) is 18.2 Å². The van der Waals surface area contributed by atoms with Crippen LogP contribution in [0.2, 0.25) is 0 Å². The number of halogens is 1. The Morgan fingerprint density at radius 3 is 2.65 bits per heavy atom. The molecule has 1 aliphatic carbocycles. The molecule has 0 saturated heterocycles. The van der Waals surface area contributed by atoms with Gasteiger partial charge in [-0.25, -0.2) is 8.42 Å². The molecule has 1 unspecified atom stereocenters. The quantitative estimate of drug-likeness (QED) is 0.470. The summed E-state index contributed by atoms with van der Waals surface area (Å²) in [6.07, 6.45) is 1.31. The number of nitro benzene ring substituents is 1. The second kappa shape index (κ2) is 4.27. The van der Waals surface area contributed by atoms with Gasteiger partial charge in [0.25, 0.3) is 5.69 Å². The molecule has 0 heterocycles. The Morgan fingerprint density at radius 2 is 2.06 bits per heavy atom. The van der Waals surface area contributed by atoms with Gasteiger partial charge < -0.3 is 0 Å². The molecule has 7 heteroatoms. The molecule has 0 radical (unpaired) electrons. The Labute approximate surface area is 103 Å². The lowest BCUT2D eigenvalue weighted by atomic mass is 9.91. The van der Waals surface area contributed by atoms with E-state index in [1.54, 1.807) is 6.07 Å². The summed E-state index contributed by atoms with van der Waals surface area (Å²) in [6, 6.07) is 4.56. The summed E-state index contributed by atoms with van der Waals surface area (Å²) in [7, 11) is 1.72. The zero-order valence-corrected chi connectivity index (χ0v) is 10.4. The first-order chi connectivity index (χ1) is 7.88. The maximum absolute atomic E-state index is 11.2. The van der Waals surface area contributed by atoms with E-state index in [-0.39, 0.29) is 12.1 Å². The fourth-order valence-electron chi connectivity index (χ4n) is 2.06. The smallest absolute Gasteiger partial charge is 0.258 e. The highest BCUT2D eigenvalue weighted by molar-refractivity contribution is 8.14. The van der Waals surface area contributed by atoms with Gasteiger partial charge in [-0.3, -0.25) is 10.1 Å². The van der Waals surface area contributed by atoms with E-state index in [1.165, 1.54) is 12.1 Å². The average molecular weight is 276 g/mol. The SMILES string of the molecule is O=[N+]([O-])c1ccc2c(c1)CC(S(=O)(=O)Cl)CC2. The maximum atomic E-state index is 11.2. The molecule has 0 N–H and O–H groups in total. The minimum atomic E-state index is -3.60. The predicted molar refractivity (Wildman–Crippen MR) is 63.7 cm³/mol. The zero-order chi connectivity index (χ0) is 12.6. The van der Waals surface area contributed by atoms with E-state index in [0.29, 0.717) is 18.4 Å². The molecule has 0 amide bonds. The number of non-ortho nitro benzene ring substituents is 1. The molecular formula is C10H10ClNO4S. The Kier molecular flexibility index (Phi) is 3.09. The molecule has 0 spiro atoms. The monoisotopic (exact) mass is 275 g/mol. The highest BCUT2D eigenvalue weighted by Gasteiger charge is 2.29. The first-order valence-electron chi connectivity index (χ1n) is 5.07. The molecular weight excluding hydrogens is 266 g/mol. The van der Waals surface area contributed by atoms with Crippen LogP contribution in [-0.4, -0.2) is 18.6 Å². The van der Waals surface area contributed by atoms with Gasteiger partial charge in [-0.05, 0) is 30.4 Å². The normalized spacial score (nSPS) is 19.7. The lowest BCUT2D eigenvalue weighted by Crippen LogP contribution is -2.25. The first kappa shape index (κ1) is 12.3. The Morgan fingerprint density at radius 1 is 1.35 bits per heavy atom. The van der Waals surface area contributed by atoms with Crippen molar-refractivity contribution in [1.29, 1.82) is 0 Å². The van der Waals surface area contributed by atoms with Crippen LogP contribution >= 0.6 is 10.7 Å². The number of benzene rings is 1. The van der Waals surface area contributed by atoms with Crippen LogP contribution in [0.5, 0.6) is 0 Å². The third-order valence-corrected chi connectivity index (χ3v) is 4.94. The molecule has 1 aromatic rings. The number of nitrogens with zero attached hydrogens (tertiary/aromatic N) is 1. The second-order valence-electron chi connectivity index (χ2n) is 4.05. The molecule has 5 nitrogen and oxygen atoms in total. The molecule has 2 rings (SSSR count). The van der Waals surface area contributed by atoms with Crippen molar-refractivity contribution in [3.05, 3.63) is 39.4 Å². The van der Waals surface area contributed by atoms with Crippen molar-refractivity contribution in [3.63, 3.8) is 0 Å². The average Bonchev–Trinajstić information content (AvgIpc) is 2.26. The summed E-state index contributed by atoms with van der Waals surface area (Å²) >= 11 is 0. The van der Waals surface area contributed by atoms with Crippen LogP contribution in [-0.2, 0) is 21.9 Å². The summed E-state index contributed by atoms with van der Waals surface area (Å²) in [5.41, 5.74) is 1.66. The molecule has 0 aliphatic heterocycles. The largest absolute Gasteiger partial charge is 0.269 e. The summed E-state index contributed by atoms with van der Waals surface area (Å²) < 4.78 is 22.5. The molecule has 1 atom stereocenters. The summed E-state index contributed by atoms with van der Waals surface area (Å²) in [4.78, 5) is 10.1. The van der Waals surface area contributed by atoms with Crippen molar-refractivity contribution in [2.24, 2.45) is 0 Å². The minimum absolute atomic E-state index is 0.0172. The Bertz CT molecular complexity index is 570. The number of rotatable bonds is 2. The third kappa shape index (κ3) is 2.58. The van der Waals surface area contributed by atoms with E-state index >= 15 is 0 Å². The maximum Gasteiger partial charge on any atom is 0.269 e. The van der Waals surface area contributed by atoms with Crippen molar-refractivity contribution in [1.82, 2.24) is 0 Å². The van der Waals surface area contributed by atoms with Gasteiger partial charge >= 0.3 is 0 Å². The zero-order valence-electron chi connectivity index (χ0n) is 8.80. The van der Waals surface area contributed by atoms with E-state index in [4.69, 9.17) is 10.7 Å². The third-order valence-electron chi connectivity index (χ3n) is 2.98. The van der Waals surface area contributed by atoms with E-state index < -0.39 is 19.2 Å². The summed E-state index contributed by atoms with van der Waals surface area (Å²) in [6.45, 7) is 0. The van der Waals surface area contributed by atoms with E-state index in [0.717, 1.165) is 5.56 Å². The fourth-order valence-corrected chi connectivity index (χ4v) is 3.30. The van der Waals surface area contributed by atoms with Gasteiger partial charge in [0.05, 0.1) is 10.2 Å². The van der Waals surface area contributed by atoms with Crippen molar-refractivity contribution in [2.45, 2.75) is 24.5 Å². The molecule has 0 fully saturated rings. The van der Waals surface area contributed by atoms with Gasteiger partial charge in [-0.15, -0.1) is 0 Å². The van der Waals surface area contributed by atoms with Crippen LogP contribution in [0.3, 0.4) is 0 Å². The van der Waals surface area contributed by atoms with E-state index in [9.17, 15) is 18.5 Å². The van der Waals surface area contributed by atoms with Gasteiger partial charge in [-0.2, -0.15) is 0 Å². The predicted octanol–water partition coefficient (Wildman–Crippen LogP) is 2.02. The summed E-state index contributed by atoms with van der Waals surface area (Å²) in [5, 5.41) is 9.99. The van der Waals surface area contributed by atoms with Crippen molar-refractivity contribution in [2.75, 3.05) is 0 Å². The van der Waals surface area contributed by atoms with Crippen LogP contribution in [0.1, 0.15) is 17.5 Å². The van der Waals surface area contributed by atoms with Gasteiger partial charge in [0.2, 0.25) is 9.05 Å². The molecule has 0 bridgehead atoms. The van der Waals surface area contributed by atoms with Crippen LogP contribution in [0.4, 0.5) is 5.69 Å². The second-order valence-corrected chi connectivity index (χ2v) is 6.96. The number of fused-ring (bicyclic) bond motifs is 1. The van der Waals surface area contributed by atoms with E-state index in [1.807, 2.05) is 0 Å². The number of hydrogen-bond acceptors (Lipinski definition) is 4. The Hall–Kier alpha value is -1.14. The van der Waals surface area contributed by atoms with E-state index in [2.05, 4.69) is 0 Å². The minimum Gasteiger partial charge on any atom is -0.258 e. The number of nitro groups is 1. The molecule has 1 aromatic carbocycles. The molecule has 92 valence electrons.